The van der Waals surface area contributed by atoms with Crippen LogP contribution in [0.3, 0.4) is 0 Å². The molecular weight excluding hydrogens is 1070 g/mol. The molecule has 5 rings (SSSR count). The molecule has 0 aliphatic rings. The van der Waals surface area contributed by atoms with Gasteiger partial charge in [0.1, 0.15) is 42.7 Å². The van der Waals surface area contributed by atoms with Gasteiger partial charge in [-0.3, -0.25) is 14.5 Å². The summed E-state index contributed by atoms with van der Waals surface area (Å²) >= 11 is 0. The summed E-state index contributed by atoms with van der Waals surface area (Å²) in [6.07, 6.45) is -4.82. The van der Waals surface area contributed by atoms with E-state index >= 15 is 0 Å². The van der Waals surface area contributed by atoms with E-state index in [1.54, 1.807) is 111 Å². The van der Waals surface area contributed by atoms with Gasteiger partial charge in [-0.1, -0.05) is 133 Å². The number of carboxylic acid groups (broad SMARTS) is 1. The van der Waals surface area contributed by atoms with Crippen molar-refractivity contribution in [2.24, 2.45) is 17.8 Å². The van der Waals surface area contributed by atoms with Gasteiger partial charge in [-0.25, -0.2) is 28.8 Å². The van der Waals surface area contributed by atoms with Crippen LogP contribution in [0, 0.1) is 17.8 Å². The summed E-state index contributed by atoms with van der Waals surface area (Å²) < 4.78 is 34.6. The third-order valence-electron chi connectivity index (χ3n) is 13.7. The Morgan fingerprint density at radius 1 is 0.590 bits per heavy atom. The number of esters is 3. The SMILES string of the molecule is CC(C)[C@H](OC(=O)[C@H](C(C)C)N(C)C(=O)[C@@H](OC(=O)[C@H](Cc1ccc(OCc2ccccc2)cc1)N(C)C(=O)OC(C)(C)C)C(C)C)C(=O)N(C)[C@H](Cc1c[nH]c2ccccc12)C(=O)O[C@@H](CCCNC(=O)OCc1ccccc1)C(=O)O. The molecule has 20 nitrogen and oxygen atoms in total. The van der Waals surface area contributed by atoms with E-state index in [4.69, 9.17) is 28.4 Å². The standard InChI is InChI=1S/C63H81N5O15/c1-39(2)52(68(12)56(70)54(41(5)6)81-59(74)49(67(11)62(77)83-63(7,8)9)34-42-29-31-46(32-30-42)78-37-43-22-15-13-16-23-43)60(75)82-53(40(3)4)55(69)66(10)50(35-45-36-65-48-27-20-19-26-47(45)48)58(73)80-51(57(71)72)28-21-33-64-61(76)79-38-44-24-17-14-18-25-44/h13-20,22-27,29-32,36,39-41,49-54,65H,21,28,33-35,37-38H2,1-12H3,(H,64,76)(H,71,72)/t49-,50+,51-,52-,53-,54-/m0/s1. The van der Waals surface area contributed by atoms with Crippen LogP contribution in [0.15, 0.2) is 115 Å². The second kappa shape index (κ2) is 30.6. The summed E-state index contributed by atoms with van der Waals surface area (Å²) in [7, 11) is 4.09. The van der Waals surface area contributed by atoms with E-state index in [-0.39, 0.29) is 38.8 Å². The molecule has 0 aliphatic heterocycles. The van der Waals surface area contributed by atoms with E-state index in [9.17, 15) is 43.5 Å². The number of H-pyrrole nitrogens is 1. The maximum atomic E-state index is 14.8. The molecule has 448 valence electrons. The number of aliphatic carboxylic acids is 1. The van der Waals surface area contributed by atoms with Gasteiger partial charge >= 0.3 is 36.1 Å². The Morgan fingerprint density at radius 2 is 1.12 bits per heavy atom. The molecule has 0 radical (unpaired) electrons. The van der Waals surface area contributed by atoms with Gasteiger partial charge in [0.15, 0.2) is 18.3 Å². The Morgan fingerprint density at radius 3 is 1.69 bits per heavy atom. The Bertz CT molecular complexity index is 2960. The fourth-order valence-electron chi connectivity index (χ4n) is 9.03. The van der Waals surface area contributed by atoms with Crippen LogP contribution in [0.25, 0.3) is 10.9 Å². The van der Waals surface area contributed by atoms with Crippen LogP contribution in [0.5, 0.6) is 5.75 Å². The summed E-state index contributed by atoms with van der Waals surface area (Å²) in [5.41, 5.74) is 2.83. The van der Waals surface area contributed by atoms with Crippen LogP contribution in [0.2, 0.25) is 0 Å². The highest BCUT2D eigenvalue weighted by molar-refractivity contribution is 5.93. The molecule has 4 amide bonds. The Balaban J connectivity index is 1.32. The van der Waals surface area contributed by atoms with Crippen LogP contribution in [0.4, 0.5) is 9.59 Å². The van der Waals surface area contributed by atoms with Crippen LogP contribution in [-0.2, 0) is 78.5 Å². The number of nitrogens with zero attached hydrogens (tertiary/aromatic N) is 3. The average Bonchev–Trinajstić information content (AvgIpc) is 4.16. The molecule has 0 bridgehead atoms. The molecule has 3 N–H and O–H groups in total. The molecule has 1 heterocycles. The zero-order valence-corrected chi connectivity index (χ0v) is 49.6. The number of nitrogens with one attached hydrogen (secondary N) is 2. The van der Waals surface area contributed by atoms with E-state index in [0.717, 1.165) is 36.7 Å². The van der Waals surface area contributed by atoms with Gasteiger partial charge in [-0.2, -0.15) is 0 Å². The summed E-state index contributed by atoms with van der Waals surface area (Å²) in [5.74, 6) is -7.36. The van der Waals surface area contributed by atoms with Crippen molar-refractivity contribution in [3.05, 3.63) is 138 Å². The first kappa shape index (κ1) is 65.4. The molecular formula is C63H81N5O15. The summed E-state index contributed by atoms with van der Waals surface area (Å²) in [5, 5.41) is 13.5. The maximum Gasteiger partial charge on any atom is 0.410 e. The van der Waals surface area contributed by atoms with Gasteiger partial charge in [0.25, 0.3) is 11.8 Å². The fraction of sp³-hybridized carbons (Fsp3) is 0.460. The van der Waals surface area contributed by atoms with E-state index < -0.39 is 108 Å². The van der Waals surface area contributed by atoms with Crippen molar-refractivity contribution in [3.8, 4) is 5.75 Å². The zero-order chi connectivity index (χ0) is 61.1. The Hall–Kier alpha value is -8.42. The van der Waals surface area contributed by atoms with Gasteiger partial charge in [0, 0.05) is 57.6 Å². The molecule has 0 unspecified atom stereocenters. The lowest BCUT2D eigenvalue weighted by atomic mass is 9.99. The maximum absolute atomic E-state index is 14.8. The number of likely N-dealkylation sites (N-methyl/N-ethyl adjacent to an activating group) is 3. The molecule has 0 fully saturated rings. The third-order valence-corrected chi connectivity index (χ3v) is 13.7. The fourth-order valence-corrected chi connectivity index (χ4v) is 9.03. The van der Waals surface area contributed by atoms with Gasteiger partial charge in [0.05, 0.1) is 0 Å². The van der Waals surface area contributed by atoms with Crippen LogP contribution in [-0.4, -0.2) is 142 Å². The smallest absolute Gasteiger partial charge is 0.410 e. The number of carbonyl (C=O) groups is 8. The number of hydrogen-bond acceptors (Lipinski definition) is 14. The predicted molar refractivity (Wildman–Crippen MR) is 309 cm³/mol. The number of ether oxygens (including phenoxy) is 6. The first-order valence-electron chi connectivity index (χ1n) is 27.8. The molecule has 83 heavy (non-hydrogen) atoms. The topological polar surface area (TPSA) is 250 Å². The van der Waals surface area contributed by atoms with Crippen molar-refractivity contribution in [1.29, 1.82) is 0 Å². The number of carboxylic acids is 1. The minimum atomic E-state index is -1.67. The number of alkyl carbamates (subject to hydrolysis) is 1. The lowest BCUT2D eigenvalue weighted by molar-refractivity contribution is -0.177. The summed E-state index contributed by atoms with van der Waals surface area (Å²) in [6.45, 7) is 15.4. The summed E-state index contributed by atoms with van der Waals surface area (Å²) in [6, 6.07) is 28.9. The number of carbonyl (C=O) groups excluding carboxylic acids is 7. The minimum absolute atomic E-state index is 0.00568. The number of hydrogen-bond donors (Lipinski definition) is 3. The van der Waals surface area contributed by atoms with E-state index in [2.05, 4.69) is 10.3 Å². The lowest BCUT2D eigenvalue weighted by Crippen LogP contribution is -2.55. The number of para-hydroxylation sites is 1. The second-order valence-corrected chi connectivity index (χ2v) is 22.5. The van der Waals surface area contributed by atoms with Crippen LogP contribution >= 0.6 is 0 Å². The Kier molecular flexibility index (Phi) is 24.1. The highest BCUT2D eigenvalue weighted by Gasteiger charge is 2.43. The largest absolute Gasteiger partial charge is 0.489 e. The molecule has 6 atom stereocenters. The number of fused-ring (bicyclic) bond motifs is 1. The van der Waals surface area contributed by atoms with Crippen molar-refractivity contribution < 1.29 is 71.9 Å². The second-order valence-electron chi connectivity index (χ2n) is 22.5. The van der Waals surface area contributed by atoms with Crippen molar-refractivity contribution in [3.63, 3.8) is 0 Å². The highest BCUT2D eigenvalue weighted by Crippen LogP contribution is 2.26. The monoisotopic (exact) mass is 1150 g/mol. The number of rotatable bonds is 28. The number of aromatic amines is 1. The molecule has 0 spiro atoms. The highest BCUT2D eigenvalue weighted by atomic mass is 16.6. The van der Waals surface area contributed by atoms with E-state index in [0.29, 0.717) is 23.5 Å². The normalized spacial score (nSPS) is 13.6. The Labute approximate surface area is 486 Å². The first-order valence-corrected chi connectivity index (χ1v) is 27.8. The van der Waals surface area contributed by atoms with Gasteiger partial charge in [-0.15, -0.1) is 0 Å². The molecule has 0 aliphatic carbocycles. The van der Waals surface area contributed by atoms with Gasteiger partial charge in [0.2, 0.25) is 0 Å². The molecule has 20 heteroatoms. The first-order chi connectivity index (χ1) is 39.3. The van der Waals surface area contributed by atoms with Gasteiger partial charge < -0.3 is 53.6 Å². The van der Waals surface area contributed by atoms with E-state index in [1.165, 1.54) is 21.1 Å². The summed E-state index contributed by atoms with van der Waals surface area (Å²) in [4.78, 5) is 118. The molecule has 0 saturated heterocycles. The number of benzene rings is 4. The van der Waals surface area contributed by atoms with Crippen molar-refractivity contribution >= 4 is 58.8 Å². The lowest BCUT2D eigenvalue weighted by Gasteiger charge is -2.36. The van der Waals surface area contributed by atoms with Crippen LogP contribution in [0.1, 0.15) is 97.4 Å². The number of amides is 4. The van der Waals surface area contributed by atoms with Crippen molar-refractivity contribution in [2.45, 2.75) is 143 Å². The van der Waals surface area contributed by atoms with Crippen molar-refractivity contribution in [2.75, 3.05) is 27.7 Å². The zero-order valence-electron chi connectivity index (χ0n) is 49.6. The quantitative estimate of drug-likeness (QED) is 0.0240. The van der Waals surface area contributed by atoms with Crippen LogP contribution < -0.4 is 10.1 Å². The predicted octanol–water partition coefficient (Wildman–Crippen LogP) is 8.92. The molecule has 1 aromatic heterocycles. The van der Waals surface area contributed by atoms with Crippen molar-refractivity contribution in [1.82, 2.24) is 25.0 Å². The molecule has 4 aromatic carbocycles. The average molecular weight is 1150 g/mol. The molecule has 0 saturated carbocycles. The van der Waals surface area contributed by atoms with E-state index in [1.807, 2.05) is 66.7 Å². The van der Waals surface area contributed by atoms with Gasteiger partial charge in [-0.05, 0) is 91.8 Å². The minimum Gasteiger partial charge on any atom is -0.489 e. The molecule has 5 aromatic rings. The third kappa shape index (κ3) is 19.4. The number of aromatic nitrogens is 1.